The highest BCUT2D eigenvalue weighted by Crippen LogP contribution is 2.22. The third kappa shape index (κ3) is 2.33. The minimum atomic E-state index is -0.457. The van der Waals surface area contributed by atoms with Crippen LogP contribution < -0.4 is 5.32 Å². The van der Waals surface area contributed by atoms with Crippen LogP contribution in [0.15, 0.2) is 34.7 Å². The smallest absolute Gasteiger partial charge is 0.322 e. The molecule has 1 amide bonds. The second kappa shape index (κ2) is 4.90. The van der Waals surface area contributed by atoms with Gasteiger partial charge in [-0.25, -0.2) is 4.98 Å². The number of benzene rings is 1. The molecule has 0 unspecified atom stereocenters. The molecule has 0 bridgehead atoms. The molecule has 7 heteroatoms. The highest BCUT2D eigenvalue weighted by Gasteiger charge is 2.14. The number of rotatable bonds is 2. The van der Waals surface area contributed by atoms with Gasteiger partial charge in [0.05, 0.1) is 0 Å². The summed E-state index contributed by atoms with van der Waals surface area (Å²) in [5, 5.41) is 11.7. The summed E-state index contributed by atoms with van der Waals surface area (Å²) in [5.41, 5.74) is 0.185. The van der Waals surface area contributed by atoms with Crippen LogP contribution in [0.5, 0.6) is 0 Å². The molecule has 1 N–H and O–H groups in total. The number of aryl methyl sites for hydroxylation is 1. The Labute approximate surface area is 118 Å². The van der Waals surface area contributed by atoms with Crippen molar-refractivity contribution in [1.82, 2.24) is 15.2 Å². The van der Waals surface area contributed by atoms with Gasteiger partial charge < -0.3 is 4.42 Å². The van der Waals surface area contributed by atoms with Crippen molar-refractivity contribution in [2.24, 2.45) is 0 Å². The molecule has 1 aromatic carbocycles. The molecule has 0 fully saturated rings. The molecular formula is C13H9ClN4O2. The molecule has 0 aliphatic heterocycles. The summed E-state index contributed by atoms with van der Waals surface area (Å²) in [7, 11) is 0. The molecule has 0 spiro atoms. The normalized spacial score (nSPS) is 10.7. The van der Waals surface area contributed by atoms with Crippen molar-refractivity contribution in [3.05, 3.63) is 47.1 Å². The zero-order chi connectivity index (χ0) is 14.1. The summed E-state index contributed by atoms with van der Waals surface area (Å²) in [5.74, 6) is -0.0916. The topological polar surface area (TPSA) is 80.9 Å². The van der Waals surface area contributed by atoms with Crippen molar-refractivity contribution in [3.8, 4) is 0 Å². The predicted molar refractivity (Wildman–Crippen MR) is 73.7 cm³/mol. The van der Waals surface area contributed by atoms with Crippen LogP contribution in [-0.2, 0) is 0 Å². The van der Waals surface area contributed by atoms with E-state index in [-0.39, 0.29) is 16.9 Å². The van der Waals surface area contributed by atoms with Crippen LogP contribution in [0.2, 0.25) is 5.15 Å². The molecule has 100 valence electrons. The lowest BCUT2D eigenvalue weighted by Gasteiger charge is -2.04. The summed E-state index contributed by atoms with van der Waals surface area (Å²) in [6, 6.07) is 9.10. The van der Waals surface area contributed by atoms with Crippen LogP contribution in [0.25, 0.3) is 10.8 Å². The van der Waals surface area contributed by atoms with E-state index in [1.54, 1.807) is 13.0 Å². The van der Waals surface area contributed by atoms with Gasteiger partial charge >= 0.3 is 6.01 Å². The van der Waals surface area contributed by atoms with Gasteiger partial charge in [-0.2, -0.15) is 0 Å². The standard InChI is InChI=1S/C13H9ClN4O2/c1-7-17-18-13(20-7)16-12(19)10-6-8-4-2-3-5-9(8)11(14)15-10/h2-6H,1H3,(H,16,18,19). The van der Waals surface area contributed by atoms with Crippen LogP contribution in [0.1, 0.15) is 16.4 Å². The van der Waals surface area contributed by atoms with Gasteiger partial charge in [0.15, 0.2) is 0 Å². The second-order valence-corrected chi connectivity index (χ2v) is 4.46. The maximum absolute atomic E-state index is 12.1. The summed E-state index contributed by atoms with van der Waals surface area (Å²) < 4.78 is 5.08. The minimum Gasteiger partial charge on any atom is -0.408 e. The third-order valence-electron chi connectivity index (χ3n) is 2.67. The van der Waals surface area contributed by atoms with E-state index >= 15 is 0 Å². The maximum atomic E-state index is 12.1. The number of hydrogen-bond donors (Lipinski definition) is 1. The van der Waals surface area contributed by atoms with E-state index in [2.05, 4.69) is 20.5 Å². The first-order chi connectivity index (χ1) is 9.63. The molecule has 0 atom stereocenters. The largest absolute Gasteiger partial charge is 0.408 e. The molecule has 0 saturated heterocycles. The van der Waals surface area contributed by atoms with Gasteiger partial charge in [0.1, 0.15) is 10.8 Å². The van der Waals surface area contributed by atoms with Gasteiger partial charge in [-0.05, 0) is 11.5 Å². The van der Waals surface area contributed by atoms with Gasteiger partial charge in [-0.15, -0.1) is 5.10 Å². The lowest BCUT2D eigenvalue weighted by molar-refractivity contribution is 0.101. The zero-order valence-electron chi connectivity index (χ0n) is 10.4. The average molecular weight is 289 g/mol. The van der Waals surface area contributed by atoms with E-state index in [4.69, 9.17) is 16.0 Å². The van der Waals surface area contributed by atoms with Crippen LogP contribution in [0.4, 0.5) is 6.01 Å². The number of halogens is 1. The molecule has 0 radical (unpaired) electrons. The van der Waals surface area contributed by atoms with Crippen LogP contribution in [0, 0.1) is 6.92 Å². The Hall–Kier alpha value is -2.47. The summed E-state index contributed by atoms with van der Waals surface area (Å²) in [6.07, 6.45) is 0. The number of amides is 1. The molecule has 3 rings (SSSR count). The van der Waals surface area contributed by atoms with E-state index in [9.17, 15) is 4.79 Å². The van der Waals surface area contributed by atoms with Crippen molar-refractivity contribution in [1.29, 1.82) is 0 Å². The quantitative estimate of drug-likeness (QED) is 0.733. The van der Waals surface area contributed by atoms with E-state index in [1.165, 1.54) is 0 Å². The summed E-state index contributed by atoms with van der Waals surface area (Å²) in [4.78, 5) is 16.1. The molecule has 2 aromatic heterocycles. The summed E-state index contributed by atoms with van der Waals surface area (Å²) in [6.45, 7) is 1.63. The Morgan fingerprint density at radius 1 is 1.30 bits per heavy atom. The Balaban J connectivity index is 1.95. The second-order valence-electron chi connectivity index (χ2n) is 4.10. The Morgan fingerprint density at radius 3 is 2.85 bits per heavy atom. The highest BCUT2D eigenvalue weighted by atomic mass is 35.5. The predicted octanol–water partition coefficient (Wildman–Crippen LogP) is 2.83. The van der Waals surface area contributed by atoms with Crippen molar-refractivity contribution in [2.45, 2.75) is 6.92 Å². The number of carbonyl (C=O) groups excluding carboxylic acids is 1. The number of pyridine rings is 1. The Bertz CT molecular complexity index is 800. The minimum absolute atomic E-state index is 0.0265. The molecule has 0 aliphatic carbocycles. The van der Waals surface area contributed by atoms with Crippen LogP contribution in [-0.4, -0.2) is 21.1 Å². The van der Waals surface area contributed by atoms with Gasteiger partial charge in [0, 0.05) is 12.3 Å². The Morgan fingerprint density at radius 2 is 2.10 bits per heavy atom. The van der Waals surface area contributed by atoms with E-state index in [1.807, 2.05) is 24.3 Å². The van der Waals surface area contributed by atoms with Crippen LogP contribution in [0.3, 0.4) is 0 Å². The van der Waals surface area contributed by atoms with Gasteiger partial charge in [-0.3, -0.25) is 10.1 Å². The number of carbonyl (C=O) groups is 1. The number of aromatic nitrogens is 3. The SMILES string of the molecule is Cc1nnc(NC(=O)c2cc3ccccc3c(Cl)n2)o1. The fourth-order valence-electron chi connectivity index (χ4n) is 1.78. The first-order valence-corrected chi connectivity index (χ1v) is 6.18. The lowest BCUT2D eigenvalue weighted by Crippen LogP contribution is -2.14. The number of nitrogens with one attached hydrogen (secondary N) is 1. The van der Waals surface area contributed by atoms with Crippen molar-refractivity contribution >= 4 is 34.3 Å². The van der Waals surface area contributed by atoms with Crippen molar-refractivity contribution < 1.29 is 9.21 Å². The van der Waals surface area contributed by atoms with E-state index in [0.29, 0.717) is 5.89 Å². The summed E-state index contributed by atoms with van der Waals surface area (Å²) >= 11 is 6.07. The number of fused-ring (bicyclic) bond motifs is 1. The third-order valence-corrected chi connectivity index (χ3v) is 2.96. The first kappa shape index (κ1) is 12.6. The molecule has 20 heavy (non-hydrogen) atoms. The molecule has 0 aliphatic rings. The number of hydrogen-bond acceptors (Lipinski definition) is 5. The fourth-order valence-corrected chi connectivity index (χ4v) is 2.04. The maximum Gasteiger partial charge on any atom is 0.322 e. The number of anilines is 1. The molecule has 2 heterocycles. The van der Waals surface area contributed by atoms with E-state index < -0.39 is 5.91 Å². The average Bonchev–Trinajstić information content (AvgIpc) is 2.84. The lowest BCUT2D eigenvalue weighted by atomic mass is 10.1. The van der Waals surface area contributed by atoms with Crippen molar-refractivity contribution in [3.63, 3.8) is 0 Å². The number of nitrogens with zero attached hydrogens (tertiary/aromatic N) is 3. The molecular weight excluding hydrogens is 280 g/mol. The fraction of sp³-hybridized carbons (Fsp3) is 0.0769. The van der Waals surface area contributed by atoms with E-state index in [0.717, 1.165) is 10.8 Å². The van der Waals surface area contributed by atoms with Gasteiger partial charge in [0.2, 0.25) is 5.89 Å². The van der Waals surface area contributed by atoms with Crippen molar-refractivity contribution in [2.75, 3.05) is 5.32 Å². The van der Waals surface area contributed by atoms with Gasteiger partial charge in [0.25, 0.3) is 5.91 Å². The molecule has 6 nitrogen and oxygen atoms in total. The highest BCUT2D eigenvalue weighted by molar-refractivity contribution is 6.34. The van der Waals surface area contributed by atoms with Crippen LogP contribution >= 0.6 is 11.6 Å². The first-order valence-electron chi connectivity index (χ1n) is 5.80. The Kier molecular flexibility index (Phi) is 3.08. The monoisotopic (exact) mass is 288 g/mol. The zero-order valence-corrected chi connectivity index (χ0v) is 11.2. The van der Waals surface area contributed by atoms with Gasteiger partial charge in [-0.1, -0.05) is 41.0 Å². The molecule has 3 aromatic rings. The molecule has 0 saturated carbocycles.